The van der Waals surface area contributed by atoms with Crippen molar-refractivity contribution in [2.45, 2.75) is 39.2 Å². The van der Waals surface area contributed by atoms with Gasteiger partial charge in [0.1, 0.15) is 5.69 Å². The van der Waals surface area contributed by atoms with Crippen LogP contribution >= 0.6 is 15.9 Å². The summed E-state index contributed by atoms with van der Waals surface area (Å²) in [5.41, 5.74) is 6.41. The monoisotopic (exact) mass is 313 g/mol. The fourth-order valence-corrected chi connectivity index (χ4v) is 3.19. The van der Waals surface area contributed by atoms with Gasteiger partial charge in [0.2, 0.25) is 0 Å². The maximum atomic E-state index is 12.5. The normalized spacial score (nSPS) is 24.2. The smallest absolute Gasteiger partial charge is 0.185 e. The molecule has 0 unspecified atom stereocenters. The number of ketones is 1. The highest BCUT2D eigenvalue weighted by Crippen LogP contribution is 2.32. The number of hydrogen-bond donors (Lipinski definition) is 1. The molecule has 4 nitrogen and oxygen atoms in total. The summed E-state index contributed by atoms with van der Waals surface area (Å²) in [6, 6.07) is 0. The summed E-state index contributed by atoms with van der Waals surface area (Å²) in [5, 5.41) is 4.21. The molecule has 0 spiro atoms. The predicted octanol–water partition coefficient (Wildman–Crippen LogP) is 2.61. The van der Waals surface area contributed by atoms with Crippen LogP contribution in [-0.2, 0) is 6.54 Å². The van der Waals surface area contributed by atoms with Crippen molar-refractivity contribution in [3.63, 3.8) is 0 Å². The molecular formula is C13H20BrN3O. The lowest BCUT2D eigenvalue weighted by Gasteiger charge is -2.26. The zero-order chi connectivity index (χ0) is 13.1. The Kier molecular flexibility index (Phi) is 4.56. The van der Waals surface area contributed by atoms with E-state index in [1.165, 1.54) is 0 Å². The number of Topliss-reactive ketones (excluding diaryl/α,β-unsaturated/α-hetero) is 1. The number of aryl methyl sites for hydroxylation is 1. The van der Waals surface area contributed by atoms with Gasteiger partial charge in [0.05, 0.1) is 10.7 Å². The fourth-order valence-electron chi connectivity index (χ4n) is 2.70. The number of aromatic nitrogens is 2. The molecule has 1 aromatic rings. The van der Waals surface area contributed by atoms with E-state index in [1.807, 2.05) is 6.92 Å². The third-order valence-electron chi connectivity index (χ3n) is 3.88. The molecule has 2 N–H and O–H groups in total. The van der Waals surface area contributed by atoms with E-state index in [1.54, 1.807) is 10.9 Å². The highest BCUT2D eigenvalue weighted by atomic mass is 79.9. The predicted molar refractivity (Wildman–Crippen MR) is 74.4 cm³/mol. The van der Waals surface area contributed by atoms with Gasteiger partial charge in [-0.25, -0.2) is 0 Å². The highest BCUT2D eigenvalue weighted by molar-refractivity contribution is 9.10. The van der Waals surface area contributed by atoms with Crippen LogP contribution in [0.15, 0.2) is 10.7 Å². The number of halogens is 1. The van der Waals surface area contributed by atoms with E-state index in [4.69, 9.17) is 5.73 Å². The molecule has 0 amide bonds. The SMILES string of the molecule is CCn1ncc(Br)c1C(=O)C1CCC(CN)CC1. The second-order valence-corrected chi connectivity index (χ2v) is 5.83. The first-order valence-corrected chi connectivity index (χ1v) is 7.42. The number of hydrogen-bond acceptors (Lipinski definition) is 3. The van der Waals surface area contributed by atoms with Gasteiger partial charge in [-0.15, -0.1) is 0 Å². The summed E-state index contributed by atoms with van der Waals surface area (Å²) in [6.45, 7) is 3.48. The van der Waals surface area contributed by atoms with Gasteiger partial charge in [-0.3, -0.25) is 9.48 Å². The minimum Gasteiger partial charge on any atom is -0.330 e. The van der Waals surface area contributed by atoms with Gasteiger partial charge in [0.15, 0.2) is 5.78 Å². The second-order valence-electron chi connectivity index (χ2n) is 4.97. The zero-order valence-electron chi connectivity index (χ0n) is 10.7. The Morgan fingerprint density at radius 3 is 2.72 bits per heavy atom. The minimum absolute atomic E-state index is 0.145. The quantitative estimate of drug-likeness (QED) is 0.869. The number of nitrogens with two attached hydrogens (primary N) is 1. The van der Waals surface area contributed by atoms with Gasteiger partial charge in [-0.2, -0.15) is 5.10 Å². The minimum atomic E-state index is 0.145. The molecule has 1 aliphatic rings. The Morgan fingerprint density at radius 2 is 2.17 bits per heavy atom. The zero-order valence-corrected chi connectivity index (χ0v) is 12.3. The van der Waals surface area contributed by atoms with Crippen LogP contribution in [0.5, 0.6) is 0 Å². The van der Waals surface area contributed by atoms with Crippen LogP contribution in [0.25, 0.3) is 0 Å². The van der Waals surface area contributed by atoms with Crippen LogP contribution in [0.1, 0.15) is 43.1 Å². The van der Waals surface area contributed by atoms with Gasteiger partial charge in [-0.1, -0.05) is 0 Å². The van der Waals surface area contributed by atoms with E-state index in [2.05, 4.69) is 21.0 Å². The van der Waals surface area contributed by atoms with Gasteiger partial charge in [0.25, 0.3) is 0 Å². The second kappa shape index (κ2) is 5.97. The number of carbonyl (C=O) groups is 1. The summed E-state index contributed by atoms with van der Waals surface area (Å²) in [6.07, 6.45) is 5.78. The van der Waals surface area contributed by atoms with Gasteiger partial charge in [-0.05, 0) is 61.0 Å². The summed E-state index contributed by atoms with van der Waals surface area (Å²) >= 11 is 3.43. The van der Waals surface area contributed by atoms with Crippen molar-refractivity contribution in [2.75, 3.05) is 6.54 Å². The summed E-state index contributed by atoms with van der Waals surface area (Å²) in [7, 11) is 0. The first-order chi connectivity index (χ1) is 8.67. The summed E-state index contributed by atoms with van der Waals surface area (Å²) in [4.78, 5) is 12.5. The number of nitrogens with zero attached hydrogens (tertiary/aromatic N) is 2. The van der Waals surface area contributed by atoms with Crippen LogP contribution in [0.4, 0.5) is 0 Å². The van der Waals surface area contributed by atoms with Crippen molar-refractivity contribution < 1.29 is 4.79 Å². The van der Waals surface area contributed by atoms with Crippen LogP contribution in [-0.4, -0.2) is 22.1 Å². The third kappa shape index (κ3) is 2.67. The Labute approximate surface area is 116 Å². The van der Waals surface area contributed by atoms with Crippen LogP contribution in [0.2, 0.25) is 0 Å². The number of rotatable bonds is 4. The molecule has 2 rings (SSSR count). The Bertz CT molecular complexity index is 422. The van der Waals surface area contributed by atoms with E-state index in [-0.39, 0.29) is 11.7 Å². The first-order valence-electron chi connectivity index (χ1n) is 6.63. The average Bonchev–Trinajstić information content (AvgIpc) is 2.79. The molecule has 0 atom stereocenters. The van der Waals surface area contributed by atoms with Gasteiger partial charge < -0.3 is 5.73 Å². The van der Waals surface area contributed by atoms with E-state index < -0.39 is 0 Å². The molecule has 0 radical (unpaired) electrons. The average molecular weight is 314 g/mol. The molecule has 0 bridgehead atoms. The highest BCUT2D eigenvalue weighted by Gasteiger charge is 2.29. The lowest BCUT2D eigenvalue weighted by molar-refractivity contribution is 0.0861. The molecule has 0 aromatic carbocycles. The van der Waals surface area contributed by atoms with Crippen LogP contribution < -0.4 is 5.73 Å². The Hall–Kier alpha value is -0.680. The first kappa shape index (κ1) is 13.7. The molecule has 0 saturated heterocycles. The molecule has 5 heteroatoms. The van der Waals surface area contributed by atoms with Gasteiger partial charge in [0, 0.05) is 12.5 Å². The van der Waals surface area contributed by atoms with Crippen LogP contribution in [0, 0.1) is 11.8 Å². The maximum Gasteiger partial charge on any atom is 0.185 e. The van der Waals surface area contributed by atoms with Crippen molar-refractivity contribution >= 4 is 21.7 Å². The van der Waals surface area contributed by atoms with E-state index in [0.717, 1.165) is 48.9 Å². The molecule has 100 valence electrons. The van der Waals surface area contributed by atoms with Gasteiger partial charge >= 0.3 is 0 Å². The lowest BCUT2D eigenvalue weighted by atomic mass is 9.79. The van der Waals surface area contributed by atoms with E-state index in [9.17, 15) is 4.79 Å². The van der Waals surface area contributed by atoms with Crippen molar-refractivity contribution in [3.8, 4) is 0 Å². The molecule has 1 fully saturated rings. The van der Waals surface area contributed by atoms with E-state index in [0.29, 0.717) is 5.92 Å². The lowest BCUT2D eigenvalue weighted by Crippen LogP contribution is -2.27. The molecule has 1 aromatic heterocycles. The molecule has 1 heterocycles. The maximum absolute atomic E-state index is 12.5. The Balaban J connectivity index is 2.10. The van der Waals surface area contributed by atoms with E-state index >= 15 is 0 Å². The third-order valence-corrected chi connectivity index (χ3v) is 4.46. The fraction of sp³-hybridized carbons (Fsp3) is 0.692. The topological polar surface area (TPSA) is 60.9 Å². The number of carbonyl (C=O) groups excluding carboxylic acids is 1. The van der Waals surface area contributed by atoms with Crippen molar-refractivity contribution in [1.29, 1.82) is 0 Å². The van der Waals surface area contributed by atoms with Crippen LogP contribution in [0.3, 0.4) is 0 Å². The van der Waals surface area contributed by atoms with Crippen molar-refractivity contribution in [2.24, 2.45) is 17.6 Å². The summed E-state index contributed by atoms with van der Waals surface area (Å²) in [5.74, 6) is 0.983. The molecule has 1 aliphatic carbocycles. The summed E-state index contributed by atoms with van der Waals surface area (Å²) < 4.78 is 2.59. The molecular weight excluding hydrogens is 294 g/mol. The molecule has 0 aliphatic heterocycles. The van der Waals surface area contributed by atoms with Crippen molar-refractivity contribution in [3.05, 3.63) is 16.4 Å². The standard InChI is InChI=1S/C13H20BrN3O/c1-2-17-12(11(14)8-16-17)13(18)10-5-3-9(7-15)4-6-10/h8-10H,2-7,15H2,1H3. The Morgan fingerprint density at radius 1 is 1.50 bits per heavy atom. The van der Waals surface area contributed by atoms with Crippen molar-refractivity contribution in [1.82, 2.24) is 9.78 Å². The molecule has 18 heavy (non-hydrogen) atoms. The largest absolute Gasteiger partial charge is 0.330 e. The molecule has 1 saturated carbocycles.